The van der Waals surface area contributed by atoms with Crippen LogP contribution in [0.4, 0.5) is 26.3 Å². The molecule has 0 saturated heterocycles. The van der Waals surface area contributed by atoms with Crippen LogP contribution in [0.3, 0.4) is 0 Å². The van der Waals surface area contributed by atoms with Crippen LogP contribution in [0.25, 0.3) is 28.5 Å². The lowest BCUT2D eigenvalue weighted by Crippen LogP contribution is -2.31. The van der Waals surface area contributed by atoms with Crippen molar-refractivity contribution in [3.8, 4) is 28.6 Å². The van der Waals surface area contributed by atoms with Crippen LogP contribution in [-0.4, -0.2) is 42.9 Å². The first-order valence-electron chi connectivity index (χ1n) is 9.80. The van der Waals surface area contributed by atoms with Crippen LogP contribution in [-0.2, 0) is 17.4 Å². The third-order valence-electron chi connectivity index (χ3n) is 4.82. The van der Waals surface area contributed by atoms with Crippen LogP contribution in [0.5, 0.6) is 5.75 Å². The fourth-order valence-electron chi connectivity index (χ4n) is 3.12. The van der Waals surface area contributed by atoms with Crippen LogP contribution < -0.4 is 4.74 Å². The largest absolute Gasteiger partial charge is 0.481 e. The first kappa shape index (κ1) is 24.0. The van der Waals surface area contributed by atoms with Gasteiger partial charge in [0.2, 0.25) is 5.82 Å². The maximum Gasteiger partial charge on any atom is 0.425 e. The van der Waals surface area contributed by atoms with Gasteiger partial charge in [0, 0.05) is 23.5 Å². The van der Waals surface area contributed by atoms with Crippen LogP contribution >= 0.6 is 0 Å². The summed E-state index contributed by atoms with van der Waals surface area (Å²) in [6.45, 7) is 0.597. The highest BCUT2D eigenvalue weighted by atomic mass is 19.4. The van der Waals surface area contributed by atoms with Gasteiger partial charge in [-0.05, 0) is 37.3 Å². The third kappa shape index (κ3) is 5.20. The summed E-state index contributed by atoms with van der Waals surface area (Å²) in [7, 11) is 0. The summed E-state index contributed by atoms with van der Waals surface area (Å²) in [6.07, 6.45) is -9.53. The molecule has 35 heavy (non-hydrogen) atoms. The highest BCUT2D eigenvalue weighted by Crippen LogP contribution is 2.40. The number of imidazole rings is 1. The summed E-state index contributed by atoms with van der Waals surface area (Å²) < 4.78 is 90.0. The molecule has 3 aromatic heterocycles. The van der Waals surface area contributed by atoms with E-state index in [-0.39, 0.29) is 23.7 Å². The van der Waals surface area contributed by atoms with Crippen molar-refractivity contribution in [2.45, 2.75) is 31.8 Å². The number of aliphatic carboxylic acids is 1. The number of rotatable bonds is 6. The van der Waals surface area contributed by atoms with Gasteiger partial charge < -0.3 is 18.8 Å². The van der Waals surface area contributed by atoms with Crippen LogP contribution in [0, 0.1) is 0 Å². The number of nitrogens with zero attached hydrogens (tertiary/aromatic N) is 4. The van der Waals surface area contributed by atoms with Crippen molar-refractivity contribution < 1.29 is 45.5 Å². The molecule has 1 aromatic carbocycles. The molecule has 0 aliphatic rings. The summed E-state index contributed by atoms with van der Waals surface area (Å²) >= 11 is 0. The average molecular weight is 500 g/mol. The van der Waals surface area contributed by atoms with Gasteiger partial charge in [-0.25, -0.2) is 4.98 Å². The Balaban J connectivity index is 1.65. The first-order valence-corrected chi connectivity index (χ1v) is 9.80. The van der Waals surface area contributed by atoms with E-state index in [1.54, 1.807) is 16.7 Å². The van der Waals surface area contributed by atoms with Crippen molar-refractivity contribution in [2.24, 2.45) is 0 Å². The van der Waals surface area contributed by atoms with Gasteiger partial charge in [-0.3, -0.25) is 4.79 Å². The molecule has 0 saturated carbocycles. The molecule has 0 radical (unpaired) electrons. The second-order valence-corrected chi connectivity index (χ2v) is 7.42. The molecule has 4 rings (SSSR count). The maximum absolute atomic E-state index is 13.5. The lowest BCUT2D eigenvalue weighted by molar-refractivity contribution is -0.191. The lowest BCUT2D eigenvalue weighted by Gasteiger charge is -2.20. The Morgan fingerprint density at radius 2 is 1.86 bits per heavy atom. The predicted molar refractivity (Wildman–Crippen MR) is 106 cm³/mol. The molecule has 14 heteroatoms. The van der Waals surface area contributed by atoms with Crippen molar-refractivity contribution in [1.29, 1.82) is 0 Å². The molecule has 8 nitrogen and oxygen atoms in total. The van der Waals surface area contributed by atoms with Crippen molar-refractivity contribution in [1.82, 2.24) is 19.5 Å². The van der Waals surface area contributed by atoms with Crippen molar-refractivity contribution in [3.05, 3.63) is 54.0 Å². The van der Waals surface area contributed by atoms with Crippen LogP contribution in [0.1, 0.15) is 18.2 Å². The Morgan fingerprint density at radius 3 is 2.51 bits per heavy atom. The predicted octanol–water partition coefficient (Wildman–Crippen LogP) is 5.03. The quantitative estimate of drug-likeness (QED) is 0.371. The molecule has 1 unspecified atom stereocenters. The molecule has 0 spiro atoms. The smallest absolute Gasteiger partial charge is 0.425 e. The number of halogens is 6. The maximum atomic E-state index is 13.5. The van der Waals surface area contributed by atoms with Crippen molar-refractivity contribution in [2.75, 3.05) is 0 Å². The standard InChI is InChI=1S/C21H14F6N4O4/c1-10(20(22,23)24)34-15-3-2-12(6-14(15)21(25,26)27)19-29-18(30-35-19)11-4-5-31-9-13(8-17(32)33)28-16(31)7-11/h2-7,9-10H,8H2,1H3,(H,32,33). The minimum absolute atomic E-state index is 0.00450. The molecule has 0 amide bonds. The average Bonchev–Trinajstić information content (AvgIpc) is 3.38. The number of carbonyl (C=O) groups is 1. The zero-order chi connectivity index (χ0) is 25.5. The van der Waals surface area contributed by atoms with Crippen LogP contribution in [0.15, 0.2) is 47.2 Å². The number of aromatic nitrogens is 4. The van der Waals surface area contributed by atoms with Gasteiger partial charge >= 0.3 is 18.3 Å². The summed E-state index contributed by atoms with van der Waals surface area (Å²) in [5, 5.41) is 12.6. The van der Waals surface area contributed by atoms with Gasteiger partial charge in [-0.2, -0.15) is 31.3 Å². The molecular weight excluding hydrogens is 486 g/mol. The van der Waals surface area contributed by atoms with Crippen molar-refractivity contribution in [3.63, 3.8) is 0 Å². The van der Waals surface area contributed by atoms with E-state index in [4.69, 9.17) is 9.63 Å². The van der Waals surface area contributed by atoms with E-state index in [9.17, 15) is 31.1 Å². The van der Waals surface area contributed by atoms with Gasteiger partial charge in [0.25, 0.3) is 5.89 Å². The van der Waals surface area contributed by atoms with E-state index in [2.05, 4.69) is 19.9 Å². The second-order valence-electron chi connectivity index (χ2n) is 7.42. The van der Waals surface area contributed by atoms with E-state index >= 15 is 0 Å². The number of ether oxygens (including phenoxy) is 1. The topological polar surface area (TPSA) is 103 Å². The number of fused-ring (bicyclic) bond motifs is 1. The molecule has 0 bridgehead atoms. The summed E-state index contributed by atoms with van der Waals surface area (Å²) in [6, 6.07) is 5.47. The molecule has 3 heterocycles. The van der Waals surface area contributed by atoms with E-state index in [1.165, 1.54) is 12.3 Å². The van der Waals surface area contributed by atoms with Gasteiger partial charge in [0.05, 0.1) is 17.7 Å². The van der Waals surface area contributed by atoms with E-state index in [1.807, 2.05) is 0 Å². The second kappa shape index (κ2) is 8.60. The number of hydrogen-bond acceptors (Lipinski definition) is 6. The van der Waals surface area contributed by atoms with E-state index in [0.717, 1.165) is 12.1 Å². The summed E-state index contributed by atoms with van der Waals surface area (Å²) in [5.74, 6) is -2.35. The number of carboxylic acid groups (broad SMARTS) is 1. The zero-order valence-corrected chi connectivity index (χ0v) is 17.6. The van der Waals surface area contributed by atoms with E-state index < -0.39 is 35.7 Å². The van der Waals surface area contributed by atoms with Gasteiger partial charge in [-0.1, -0.05) is 5.16 Å². The normalized spacial score (nSPS) is 13.2. The third-order valence-corrected chi connectivity index (χ3v) is 4.82. The molecule has 0 aliphatic heterocycles. The number of alkyl halides is 6. The highest BCUT2D eigenvalue weighted by molar-refractivity contribution is 5.70. The zero-order valence-electron chi connectivity index (χ0n) is 17.6. The molecule has 0 aliphatic carbocycles. The minimum atomic E-state index is -5.01. The number of carboxylic acids is 1. The monoisotopic (exact) mass is 500 g/mol. The summed E-state index contributed by atoms with van der Waals surface area (Å²) in [4.78, 5) is 19.1. The van der Waals surface area contributed by atoms with E-state index in [0.29, 0.717) is 29.9 Å². The fraction of sp³-hybridized carbons (Fsp3) is 0.238. The molecular formula is C21H14F6N4O4. The highest BCUT2D eigenvalue weighted by Gasteiger charge is 2.41. The molecule has 4 aromatic rings. The Kier molecular flexibility index (Phi) is 5.90. The number of hydrogen-bond donors (Lipinski definition) is 1. The summed E-state index contributed by atoms with van der Waals surface area (Å²) in [5.41, 5.74) is -0.547. The fourth-order valence-corrected chi connectivity index (χ4v) is 3.12. The van der Waals surface area contributed by atoms with Gasteiger partial charge in [0.1, 0.15) is 11.4 Å². The Morgan fingerprint density at radius 1 is 1.11 bits per heavy atom. The Hall–Kier alpha value is -4.10. The molecule has 1 N–H and O–H groups in total. The minimum Gasteiger partial charge on any atom is -0.481 e. The van der Waals surface area contributed by atoms with Gasteiger partial charge in [0.15, 0.2) is 6.10 Å². The number of benzene rings is 1. The van der Waals surface area contributed by atoms with Crippen LogP contribution in [0.2, 0.25) is 0 Å². The Bertz CT molecular complexity index is 1390. The lowest BCUT2D eigenvalue weighted by atomic mass is 10.1. The SMILES string of the molecule is CC(Oc1ccc(-c2nc(-c3ccn4cc(CC(=O)O)nc4c3)no2)cc1C(F)(F)F)C(F)(F)F. The molecule has 0 fully saturated rings. The number of pyridine rings is 1. The Labute approximate surface area is 191 Å². The molecule has 184 valence electrons. The first-order chi connectivity index (χ1) is 16.3. The van der Waals surface area contributed by atoms with Gasteiger partial charge in [-0.15, -0.1) is 0 Å². The van der Waals surface area contributed by atoms with Crippen molar-refractivity contribution >= 4 is 11.6 Å². The molecule has 1 atom stereocenters.